The number of pyridine rings is 1. The molecule has 2 N–H and O–H groups in total. The second kappa shape index (κ2) is 17.5. The molecule has 0 spiro atoms. The van der Waals surface area contributed by atoms with Gasteiger partial charge in [0.1, 0.15) is 36.6 Å². The number of carboxylic acid groups (broad SMARTS) is 1. The molecule has 1 aliphatic carbocycles. The number of benzene rings is 4. The smallest absolute Gasteiger partial charge is 0.305 e. The zero-order chi connectivity index (χ0) is 39.2. The van der Waals surface area contributed by atoms with E-state index in [0.717, 1.165) is 57.3 Å². The van der Waals surface area contributed by atoms with Crippen molar-refractivity contribution in [1.29, 1.82) is 5.26 Å². The molecule has 0 aliphatic heterocycles. The number of fused-ring (bicyclic) bond motifs is 1. The summed E-state index contributed by atoms with van der Waals surface area (Å²) in [5.74, 6) is -0.325. The molecule has 0 fully saturated rings. The van der Waals surface area contributed by atoms with Crippen molar-refractivity contribution in [3.8, 4) is 39.8 Å². The van der Waals surface area contributed by atoms with Crippen molar-refractivity contribution in [2.75, 3.05) is 14.1 Å². The molecule has 0 bridgehead atoms. The maximum atomic E-state index is 15.8. The molecule has 0 saturated heterocycles. The van der Waals surface area contributed by atoms with Gasteiger partial charge in [0.2, 0.25) is 0 Å². The molecule has 55 heavy (non-hydrogen) atoms. The van der Waals surface area contributed by atoms with Gasteiger partial charge in [-0.15, -0.1) is 0 Å². The van der Waals surface area contributed by atoms with Crippen LogP contribution in [0.1, 0.15) is 76.2 Å². The lowest BCUT2D eigenvalue weighted by molar-refractivity contribution is -0.139. The molecule has 1 heterocycles. The van der Waals surface area contributed by atoms with Crippen molar-refractivity contribution < 1.29 is 28.9 Å². The molecule has 284 valence electrons. The average molecular weight is 762 g/mol. The highest BCUT2D eigenvalue weighted by Gasteiger charge is 2.27. The molecule has 1 unspecified atom stereocenters. The van der Waals surface area contributed by atoms with Crippen LogP contribution in [-0.2, 0) is 30.8 Å². The van der Waals surface area contributed by atoms with Crippen LogP contribution in [0.3, 0.4) is 0 Å². The van der Waals surface area contributed by atoms with Gasteiger partial charge in [-0.25, -0.2) is 4.39 Å². The van der Waals surface area contributed by atoms with Crippen LogP contribution in [0.4, 0.5) is 4.39 Å². The van der Waals surface area contributed by atoms with Crippen LogP contribution >= 0.6 is 11.6 Å². The quantitative estimate of drug-likeness (QED) is 0.108. The topological polar surface area (TPSA) is 116 Å². The van der Waals surface area contributed by atoms with Gasteiger partial charge in [-0.1, -0.05) is 48.0 Å². The molecule has 1 aliphatic rings. The van der Waals surface area contributed by atoms with Crippen molar-refractivity contribution in [1.82, 2.24) is 9.88 Å². The maximum absolute atomic E-state index is 15.8. The maximum Gasteiger partial charge on any atom is 0.305 e. The van der Waals surface area contributed by atoms with Crippen LogP contribution in [0.5, 0.6) is 11.5 Å². The standard InChI is InChI=1S/C45H45ClFN3O5/c1-27-33(9-6-11-35(27)36-12-7-13-37(28(36)2)39-17-31-14-15-42(50(3)4)38(31)20-41(39)47)26-55-44-21-43(54-25-30-16-29(22-48)23-49-24-30)32(18-40(44)46)8-5-10-34(51)19-45(52)53/h6-7,9,11-13,16-18,20-21,23-24,34,42,51H,5,8,10,14-15,19,25-26H2,1-4H3,(H,52,53)/t34-,42?/m1/s1. The van der Waals surface area contributed by atoms with E-state index in [4.69, 9.17) is 26.2 Å². The van der Waals surface area contributed by atoms with Crippen LogP contribution in [0.15, 0.2) is 79.1 Å². The summed E-state index contributed by atoms with van der Waals surface area (Å²) in [6.07, 6.45) is 5.03. The number of aromatic nitrogens is 1. The summed E-state index contributed by atoms with van der Waals surface area (Å²) >= 11 is 6.78. The predicted molar refractivity (Wildman–Crippen MR) is 212 cm³/mol. The lowest BCUT2D eigenvalue weighted by Gasteiger charge is -2.21. The van der Waals surface area contributed by atoms with Gasteiger partial charge in [0.25, 0.3) is 0 Å². The third kappa shape index (κ3) is 9.17. The number of aryl methyl sites for hydroxylation is 2. The van der Waals surface area contributed by atoms with Gasteiger partial charge >= 0.3 is 5.97 Å². The average Bonchev–Trinajstić information content (AvgIpc) is 3.57. The third-order valence-corrected chi connectivity index (χ3v) is 10.8. The molecule has 1 aromatic heterocycles. The molecule has 4 aromatic carbocycles. The molecular weight excluding hydrogens is 717 g/mol. The Bertz CT molecular complexity index is 2250. The zero-order valence-electron chi connectivity index (χ0n) is 31.5. The largest absolute Gasteiger partial charge is 0.488 e. The van der Waals surface area contributed by atoms with E-state index < -0.39 is 12.1 Å². The first-order chi connectivity index (χ1) is 26.4. The normalized spacial score (nSPS) is 14.1. The number of aliphatic carboxylic acids is 1. The Hall–Kier alpha value is -5.27. The number of aliphatic hydroxyl groups is 1. The van der Waals surface area contributed by atoms with E-state index in [-0.39, 0.29) is 31.5 Å². The first kappa shape index (κ1) is 39.4. The molecule has 5 aromatic rings. The highest BCUT2D eigenvalue weighted by molar-refractivity contribution is 6.32. The number of carbonyl (C=O) groups is 1. The molecule has 0 saturated carbocycles. The van der Waals surface area contributed by atoms with Gasteiger partial charge in [-0.3, -0.25) is 9.78 Å². The Kier molecular flexibility index (Phi) is 12.5. The number of nitrogens with zero attached hydrogens (tertiary/aromatic N) is 3. The lowest BCUT2D eigenvalue weighted by atomic mass is 9.88. The number of nitriles is 1. The minimum absolute atomic E-state index is 0.143. The Balaban J connectivity index is 1.24. The Morgan fingerprint density at radius 3 is 2.40 bits per heavy atom. The molecule has 6 rings (SSSR count). The van der Waals surface area contributed by atoms with Gasteiger partial charge in [-0.05, 0) is 134 Å². The van der Waals surface area contributed by atoms with E-state index in [9.17, 15) is 15.2 Å². The van der Waals surface area contributed by atoms with E-state index in [0.29, 0.717) is 52.5 Å². The van der Waals surface area contributed by atoms with Crippen LogP contribution in [0, 0.1) is 31.0 Å². The minimum atomic E-state index is -1.05. The lowest BCUT2D eigenvalue weighted by Crippen LogP contribution is -2.17. The van der Waals surface area contributed by atoms with Gasteiger partial charge in [0, 0.05) is 35.6 Å². The number of hydrogen-bond donors (Lipinski definition) is 2. The van der Waals surface area contributed by atoms with Crippen molar-refractivity contribution in [2.45, 2.75) is 77.7 Å². The molecule has 0 radical (unpaired) electrons. The Morgan fingerprint density at radius 1 is 0.964 bits per heavy atom. The van der Waals surface area contributed by atoms with Gasteiger partial charge in [0.05, 0.1) is 23.1 Å². The number of carboxylic acids is 1. The van der Waals surface area contributed by atoms with Crippen LogP contribution < -0.4 is 9.47 Å². The second-order valence-electron chi connectivity index (χ2n) is 14.4. The summed E-state index contributed by atoms with van der Waals surface area (Å²) in [7, 11) is 4.08. The summed E-state index contributed by atoms with van der Waals surface area (Å²) in [4.78, 5) is 17.3. The summed E-state index contributed by atoms with van der Waals surface area (Å²) in [6, 6.07) is 23.4. The zero-order valence-corrected chi connectivity index (χ0v) is 32.3. The monoisotopic (exact) mass is 761 g/mol. The highest BCUT2D eigenvalue weighted by Crippen LogP contribution is 2.41. The van der Waals surface area contributed by atoms with Crippen LogP contribution in [-0.4, -0.2) is 46.3 Å². The van der Waals surface area contributed by atoms with Crippen molar-refractivity contribution >= 4 is 17.6 Å². The first-order valence-electron chi connectivity index (χ1n) is 18.4. The fourth-order valence-corrected chi connectivity index (χ4v) is 7.73. The van der Waals surface area contributed by atoms with Crippen LogP contribution in [0.2, 0.25) is 5.02 Å². The fraction of sp³-hybridized carbons (Fsp3) is 0.311. The SMILES string of the molecule is Cc1c(COc2cc(OCc3cncc(C#N)c3)c(CCC[C@@H](O)CC(=O)O)cc2Cl)cccc1-c1cccc(-c2cc3c(cc2F)C(N(C)C)CC3)c1C. The van der Waals surface area contributed by atoms with E-state index in [2.05, 4.69) is 35.0 Å². The number of rotatable bonds is 15. The summed E-state index contributed by atoms with van der Waals surface area (Å²) in [5.41, 5.74) is 10.7. The second-order valence-corrected chi connectivity index (χ2v) is 14.8. The summed E-state index contributed by atoms with van der Waals surface area (Å²) < 4.78 is 28.3. The molecular formula is C45H45ClFN3O5. The molecule has 8 nitrogen and oxygen atoms in total. The number of halogens is 2. The first-order valence-corrected chi connectivity index (χ1v) is 18.8. The summed E-state index contributed by atoms with van der Waals surface area (Å²) in [5, 5.41) is 28.8. The Morgan fingerprint density at radius 2 is 1.67 bits per heavy atom. The van der Waals surface area contributed by atoms with Crippen LogP contribution in [0.25, 0.3) is 22.3 Å². The van der Waals surface area contributed by atoms with Crippen molar-refractivity contribution in [3.63, 3.8) is 0 Å². The number of aliphatic hydroxyl groups excluding tert-OH is 1. The fourth-order valence-electron chi connectivity index (χ4n) is 7.49. The molecule has 10 heteroatoms. The Labute approximate surface area is 326 Å². The van der Waals surface area contributed by atoms with E-state index in [1.807, 2.05) is 51.4 Å². The van der Waals surface area contributed by atoms with Gasteiger partial charge < -0.3 is 24.6 Å². The summed E-state index contributed by atoms with van der Waals surface area (Å²) in [6.45, 7) is 4.46. The van der Waals surface area contributed by atoms with Crippen molar-refractivity contribution in [2.24, 2.45) is 0 Å². The van der Waals surface area contributed by atoms with Gasteiger partial charge in [0.15, 0.2) is 0 Å². The molecule has 0 amide bonds. The minimum Gasteiger partial charge on any atom is -0.488 e. The highest BCUT2D eigenvalue weighted by atomic mass is 35.5. The van der Waals surface area contributed by atoms with E-state index in [1.165, 1.54) is 11.8 Å². The number of hydrogen-bond acceptors (Lipinski definition) is 7. The predicted octanol–water partition coefficient (Wildman–Crippen LogP) is 9.56. The van der Waals surface area contributed by atoms with E-state index >= 15 is 4.39 Å². The molecule has 2 atom stereocenters. The third-order valence-electron chi connectivity index (χ3n) is 10.5. The van der Waals surface area contributed by atoms with Gasteiger partial charge in [-0.2, -0.15) is 5.26 Å². The van der Waals surface area contributed by atoms with E-state index in [1.54, 1.807) is 30.5 Å². The number of ether oxygens (including phenoxy) is 2. The van der Waals surface area contributed by atoms with Crippen molar-refractivity contribution in [3.05, 3.63) is 134 Å².